The Kier molecular flexibility index (Phi) is 4.88. The molecule has 0 aliphatic carbocycles. The molecule has 4 nitrogen and oxygen atoms in total. The maximum atomic E-state index is 10.6. The van der Waals surface area contributed by atoms with Gasteiger partial charge >= 0.3 is 0 Å². The molecule has 0 N–H and O–H groups in total. The summed E-state index contributed by atoms with van der Waals surface area (Å²) in [5.74, 6) is -0.392. The van der Waals surface area contributed by atoms with E-state index in [9.17, 15) is 9.90 Å². The van der Waals surface area contributed by atoms with Crippen LogP contribution in [0.2, 0.25) is 0 Å². The molecule has 0 fully saturated rings. The van der Waals surface area contributed by atoms with Gasteiger partial charge in [0.25, 0.3) is 5.91 Å². The van der Waals surface area contributed by atoms with Crippen LogP contribution < -0.4 is 0 Å². The third kappa shape index (κ3) is 3.42. The number of amides is 1. The summed E-state index contributed by atoms with van der Waals surface area (Å²) in [6.07, 6.45) is 0. The van der Waals surface area contributed by atoms with E-state index in [0.29, 0.717) is 13.2 Å². The molecule has 0 saturated carbocycles. The highest BCUT2D eigenvalue weighted by Gasteiger charge is 2.05. The quantitative estimate of drug-likeness (QED) is 0.538. The van der Waals surface area contributed by atoms with E-state index in [-0.39, 0.29) is 0 Å². The Bertz CT molecular complexity index is 105. The van der Waals surface area contributed by atoms with Gasteiger partial charge in [-0.1, -0.05) is 0 Å². The molecule has 59 valence electrons. The van der Waals surface area contributed by atoms with Gasteiger partial charge < -0.3 is 9.64 Å². The van der Waals surface area contributed by atoms with Crippen LogP contribution in [0, 0.1) is 0 Å². The van der Waals surface area contributed by atoms with Crippen LogP contribution in [0.3, 0.4) is 0 Å². The molecule has 0 aromatic carbocycles. The second kappa shape index (κ2) is 5.20. The maximum Gasteiger partial charge on any atom is 0.251 e. The molecule has 0 aliphatic rings. The van der Waals surface area contributed by atoms with Gasteiger partial charge in [0.2, 0.25) is 0 Å². The molecular formula is C6H12NO3. The van der Waals surface area contributed by atoms with Crippen molar-refractivity contribution in [2.75, 3.05) is 33.9 Å². The van der Waals surface area contributed by atoms with E-state index in [1.54, 1.807) is 14.2 Å². The number of nitrogens with zero attached hydrogens (tertiary/aromatic N) is 1. The van der Waals surface area contributed by atoms with Gasteiger partial charge in [0.05, 0.1) is 6.61 Å². The molecule has 1 radical (unpaired) electrons. The van der Waals surface area contributed by atoms with E-state index in [1.807, 2.05) is 0 Å². The number of hydrogen-bond acceptors (Lipinski definition) is 2. The monoisotopic (exact) mass is 146 g/mol. The zero-order chi connectivity index (χ0) is 7.98. The van der Waals surface area contributed by atoms with Gasteiger partial charge in [-0.3, -0.25) is 4.79 Å². The van der Waals surface area contributed by atoms with Gasteiger partial charge in [0, 0.05) is 20.7 Å². The second-order valence-electron chi connectivity index (χ2n) is 1.95. The molecule has 0 spiro atoms. The molecule has 0 aromatic rings. The van der Waals surface area contributed by atoms with Crippen molar-refractivity contribution >= 4 is 5.91 Å². The molecule has 0 saturated heterocycles. The minimum atomic E-state index is -0.680. The summed E-state index contributed by atoms with van der Waals surface area (Å²) in [4.78, 5) is 11.9. The lowest BCUT2D eigenvalue weighted by Gasteiger charge is -2.13. The average Bonchev–Trinajstić information content (AvgIpc) is 1.98. The molecular weight excluding hydrogens is 134 g/mol. The third-order valence-electron chi connectivity index (χ3n) is 1.18. The first-order valence-electron chi connectivity index (χ1n) is 3.03. The number of ether oxygens (including phenoxy) is 1. The first kappa shape index (κ1) is 9.39. The molecule has 0 rings (SSSR count). The molecule has 0 bridgehead atoms. The minimum absolute atomic E-state index is 0.392. The summed E-state index contributed by atoms with van der Waals surface area (Å²) in [6, 6.07) is 0. The minimum Gasteiger partial charge on any atom is -0.383 e. The van der Waals surface area contributed by atoms with E-state index in [2.05, 4.69) is 0 Å². The zero-order valence-electron chi connectivity index (χ0n) is 6.29. The summed E-state index contributed by atoms with van der Waals surface area (Å²) in [5, 5.41) is 10.0. The molecule has 0 aromatic heterocycles. The van der Waals surface area contributed by atoms with Crippen LogP contribution in [-0.4, -0.2) is 44.7 Å². The van der Waals surface area contributed by atoms with Crippen LogP contribution >= 0.6 is 0 Å². The van der Waals surface area contributed by atoms with Crippen molar-refractivity contribution in [3.05, 3.63) is 0 Å². The fraction of sp³-hybridized carbons (Fsp3) is 0.833. The highest BCUT2D eigenvalue weighted by molar-refractivity contribution is 5.76. The SMILES string of the molecule is COCCN(C)C(=O)C[O]. The summed E-state index contributed by atoms with van der Waals surface area (Å²) in [5.41, 5.74) is 0. The van der Waals surface area contributed by atoms with Gasteiger partial charge in [0.1, 0.15) is 0 Å². The Hall–Kier alpha value is -0.610. The van der Waals surface area contributed by atoms with Crippen molar-refractivity contribution in [2.45, 2.75) is 0 Å². The van der Waals surface area contributed by atoms with Crippen molar-refractivity contribution in [2.24, 2.45) is 0 Å². The summed E-state index contributed by atoms with van der Waals surface area (Å²) < 4.78 is 4.71. The standard InChI is InChI=1S/C6H12NO3/c1-7(3-4-10-2)6(9)5-8/h3-5H2,1-2H3. The lowest BCUT2D eigenvalue weighted by Crippen LogP contribution is -2.31. The van der Waals surface area contributed by atoms with Gasteiger partial charge in [-0.15, -0.1) is 0 Å². The number of hydrogen-bond donors (Lipinski definition) is 0. The first-order valence-corrected chi connectivity index (χ1v) is 3.03. The molecule has 0 aliphatic heterocycles. The number of carbonyl (C=O) groups is 1. The van der Waals surface area contributed by atoms with Crippen LogP contribution in [0.25, 0.3) is 0 Å². The fourth-order valence-electron chi connectivity index (χ4n) is 0.463. The van der Waals surface area contributed by atoms with Crippen LogP contribution in [0.5, 0.6) is 0 Å². The Morgan fingerprint density at radius 2 is 2.20 bits per heavy atom. The van der Waals surface area contributed by atoms with Gasteiger partial charge in [-0.2, -0.15) is 0 Å². The van der Waals surface area contributed by atoms with Crippen molar-refractivity contribution in [3.8, 4) is 0 Å². The van der Waals surface area contributed by atoms with E-state index in [0.717, 1.165) is 0 Å². The fourth-order valence-corrected chi connectivity index (χ4v) is 0.463. The predicted molar refractivity (Wildman–Crippen MR) is 35.1 cm³/mol. The number of carbonyl (C=O) groups excluding carboxylic acids is 1. The largest absolute Gasteiger partial charge is 0.383 e. The van der Waals surface area contributed by atoms with E-state index in [4.69, 9.17) is 4.74 Å². The lowest BCUT2D eigenvalue weighted by atomic mass is 10.5. The maximum absolute atomic E-state index is 10.6. The molecule has 1 amide bonds. The lowest BCUT2D eigenvalue weighted by molar-refractivity contribution is -0.135. The molecule has 4 heteroatoms. The normalized spacial score (nSPS) is 9.50. The predicted octanol–water partition coefficient (Wildman–Crippen LogP) is -0.478. The smallest absolute Gasteiger partial charge is 0.251 e. The van der Waals surface area contributed by atoms with Crippen molar-refractivity contribution in [3.63, 3.8) is 0 Å². The highest BCUT2D eigenvalue weighted by Crippen LogP contribution is 1.82. The second-order valence-corrected chi connectivity index (χ2v) is 1.95. The van der Waals surface area contributed by atoms with E-state index >= 15 is 0 Å². The highest BCUT2D eigenvalue weighted by atomic mass is 16.5. The van der Waals surface area contributed by atoms with Gasteiger partial charge in [-0.25, -0.2) is 5.11 Å². The van der Waals surface area contributed by atoms with Crippen molar-refractivity contribution in [1.29, 1.82) is 0 Å². The first-order chi connectivity index (χ1) is 4.72. The van der Waals surface area contributed by atoms with Gasteiger partial charge in [0.15, 0.2) is 6.61 Å². The zero-order valence-corrected chi connectivity index (χ0v) is 6.29. The van der Waals surface area contributed by atoms with E-state index < -0.39 is 12.5 Å². The summed E-state index contributed by atoms with van der Waals surface area (Å²) in [6.45, 7) is 0.278. The number of rotatable bonds is 4. The van der Waals surface area contributed by atoms with Crippen LogP contribution in [0.15, 0.2) is 0 Å². The van der Waals surface area contributed by atoms with Crippen molar-refractivity contribution < 1.29 is 14.6 Å². The third-order valence-corrected chi connectivity index (χ3v) is 1.18. The number of likely N-dealkylation sites (N-methyl/N-ethyl adjacent to an activating group) is 1. The molecule has 10 heavy (non-hydrogen) atoms. The Balaban J connectivity index is 3.41. The number of methoxy groups -OCH3 is 1. The average molecular weight is 146 g/mol. The Labute approximate surface area is 60.4 Å². The Morgan fingerprint density at radius 3 is 2.60 bits per heavy atom. The van der Waals surface area contributed by atoms with Crippen LogP contribution in [-0.2, 0) is 14.6 Å². The van der Waals surface area contributed by atoms with Crippen LogP contribution in [0.1, 0.15) is 0 Å². The van der Waals surface area contributed by atoms with Crippen molar-refractivity contribution in [1.82, 2.24) is 4.90 Å². The van der Waals surface area contributed by atoms with E-state index in [1.165, 1.54) is 4.90 Å². The summed E-state index contributed by atoms with van der Waals surface area (Å²) in [7, 11) is 3.13. The molecule has 0 atom stereocenters. The molecule has 0 heterocycles. The topological polar surface area (TPSA) is 49.4 Å². The Morgan fingerprint density at radius 1 is 1.60 bits per heavy atom. The van der Waals surface area contributed by atoms with Crippen LogP contribution in [0.4, 0.5) is 0 Å². The summed E-state index contributed by atoms with van der Waals surface area (Å²) >= 11 is 0. The molecule has 0 unspecified atom stereocenters. The van der Waals surface area contributed by atoms with Gasteiger partial charge in [-0.05, 0) is 0 Å².